The van der Waals surface area contributed by atoms with Gasteiger partial charge in [-0.15, -0.1) is 0 Å². The number of amides is 1. The number of rotatable bonds is 5. The highest BCUT2D eigenvalue weighted by molar-refractivity contribution is 6.32. The van der Waals surface area contributed by atoms with Crippen molar-refractivity contribution in [1.82, 2.24) is 24.9 Å². The van der Waals surface area contributed by atoms with Crippen molar-refractivity contribution in [1.29, 1.82) is 0 Å². The van der Waals surface area contributed by atoms with Crippen molar-refractivity contribution < 1.29 is 4.79 Å². The zero-order chi connectivity index (χ0) is 20.4. The van der Waals surface area contributed by atoms with Gasteiger partial charge < -0.3 is 5.32 Å². The van der Waals surface area contributed by atoms with Crippen LogP contribution in [0.25, 0.3) is 11.4 Å². The smallest absolute Gasteiger partial charge is 0.254 e. The van der Waals surface area contributed by atoms with E-state index in [4.69, 9.17) is 11.6 Å². The van der Waals surface area contributed by atoms with Gasteiger partial charge in [0.15, 0.2) is 0 Å². The fourth-order valence-electron chi connectivity index (χ4n) is 3.23. The monoisotopic (exact) mass is 405 g/mol. The number of para-hydroxylation sites is 2. The second-order valence-corrected chi connectivity index (χ2v) is 7.11. The molecule has 0 spiro atoms. The van der Waals surface area contributed by atoms with Gasteiger partial charge in [0.25, 0.3) is 5.91 Å². The Balaban J connectivity index is 1.50. The van der Waals surface area contributed by atoms with Gasteiger partial charge in [0.05, 0.1) is 33.9 Å². The molecule has 0 aliphatic rings. The van der Waals surface area contributed by atoms with Crippen molar-refractivity contribution in [3.05, 3.63) is 94.5 Å². The molecule has 0 bridgehead atoms. The topological polar surface area (TPSA) is 64.7 Å². The molecule has 4 aromatic rings. The number of halogens is 1. The Hall–Kier alpha value is -3.38. The van der Waals surface area contributed by atoms with Gasteiger partial charge in [-0.25, -0.2) is 9.36 Å². The van der Waals surface area contributed by atoms with E-state index in [1.165, 1.54) is 6.20 Å². The van der Waals surface area contributed by atoms with E-state index >= 15 is 0 Å². The number of carbonyl (C=O) groups is 1. The van der Waals surface area contributed by atoms with Gasteiger partial charge in [-0.05, 0) is 38.1 Å². The second-order valence-electron chi connectivity index (χ2n) is 6.70. The molecule has 0 aliphatic carbocycles. The van der Waals surface area contributed by atoms with E-state index in [9.17, 15) is 4.79 Å². The molecular formula is C22H20ClN5O. The summed E-state index contributed by atoms with van der Waals surface area (Å²) in [4.78, 5) is 12.6. The fraction of sp³-hybridized carbons (Fsp3) is 0.136. The molecule has 1 amide bonds. The number of hydrogen-bond acceptors (Lipinski definition) is 3. The molecule has 0 unspecified atom stereocenters. The highest BCUT2D eigenvalue weighted by Crippen LogP contribution is 2.20. The summed E-state index contributed by atoms with van der Waals surface area (Å²) < 4.78 is 3.49. The van der Waals surface area contributed by atoms with Gasteiger partial charge in [-0.2, -0.15) is 10.2 Å². The lowest BCUT2D eigenvalue weighted by Crippen LogP contribution is -2.23. The summed E-state index contributed by atoms with van der Waals surface area (Å²) in [5, 5.41) is 12.4. The zero-order valence-electron chi connectivity index (χ0n) is 16.1. The van der Waals surface area contributed by atoms with Crippen LogP contribution in [0.3, 0.4) is 0 Å². The number of hydrogen-bond donors (Lipinski definition) is 1. The van der Waals surface area contributed by atoms with Gasteiger partial charge in [-0.1, -0.05) is 41.9 Å². The molecular weight excluding hydrogens is 386 g/mol. The molecule has 7 heteroatoms. The minimum absolute atomic E-state index is 0.199. The minimum Gasteiger partial charge on any atom is -0.348 e. The second kappa shape index (κ2) is 7.93. The zero-order valence-corrected chi connectivity index (χ0v) is 16.9. The van der Waals surface area contributed by atoms with Crippen LogP contribution in [0.15, 0.2) is 67.0 Å². The van der Waals surface area contributed by atoms with Crippen LogP contribution in [0.5, 0.6) is 0 Å². The van der Waals surface area contributed by atoms with Crippen molar-refractivity contribution in [2.75, 3.05) is 0 Å². The van der Waals surface area contributed by atoms with Crippen LogP contribution < -0.4 is 5.32 Å². The van der Waals surface area contributed by atoms with Gasteiger partial charge in [-0.3, -0.25) is 4.79 Å². The van der Waals surface area contributed by atoms with Crippen LogP contribution in [0, 0.1) is 13.8 Å². The molecule has 1 N–H and O–H groups in total. The van der Waals surface area contributed by atoms with Crippen molar-refractivity contribution in [2.24, 2.45) is 0 Å². The summed E-state index contributed by atoms with van der Waals surface area (Å²) >= 11 is 6.21. The Morgan fingerprint density at radius 3 is 2.55 bits per heavy atom. The van der Waals surface area contributed by atoms with Crippen LogP contribution in [0.2, 0.25) is 5.02 Å². The summed E-state index contributed by atoms with van der Waals surface area (Å²) in [5.74, 6) is -0.199. The summed E-state index contributed by atoms with van der Waals surface area (Å²) in [7, 11) is 0. The molecule has 0 saturated heterocycles. The van der Waals surface area contributed by atoms with Gasteiger partial charge in [0, 0.05) is 24.0 Å². The third-order valence-electron chi connectivity index (χ3n) is 4.81. The Kier molecular flexibility index (Phi) is 5.18. The highest BCUT2D eigenvalue weighted by Gasteiger charge is 2.15. The number of nitrogens with zero attached hydrogens (tertiary/aromatic N) is 4. The lowest BCUT2D eigenvalue weighted by Gasteiger charge is -2.06. The lowest BCUT2D eigenvalue weighted by atomic mass is 10.2. The SMILES string of the molecule is Cc1nn(-c2ccccc2)c(C)c1CNC(=O)c1cnn(-c2ccccc2Cl)c1. The molecule has 4 rings (SSSR count). The number of carbonyl (C=O) groups excluding carboxylic acids is 1. The first-order valence-corrected chi connectivity index (χ1v) is 9.60. The average molecular weight is 406 g/mol. The van der Waals surface area contributed by atoms with Crippen LogP contribution in [-0.2, 0) is 6.54 Å². The largest absolute Gasteiger partial charge is 0.348 e. The minimum atomic E-state index is -0.199. The molecule has 146 valence electrons. The molecule has 2 aromatic heterocycles. The number of nitrogens with one attached hydrogen (secondary N) is 1. The first kappa shape index (κ1) is 19.0. The maximum absolute atomic E-state index is 12.6. The Morgan fingerprint density at radius 1 is 1.07 bits per heavy atom. The molecule has 0 atom stereocenters. The van der Waals surface area contributed by atoms with Crippen LogP contribution >= 0.6 is 11.6 Å². The standard InChI is InChI=1S/C22H20ClN5O/c1-15-19(16(2)28(26-15)18-8-4-3-5-9-18)13-24-22(29)17-12-25-27(14-17)21-11-7-6-10-20(21)23/h3-12,14H,13H2,1-2H3,(H,24,29). The number of benzene rings is 2. The Morgan fingerprint density at radius 2 is 1.79 bits per heavy atom. The Bertz CT molecular complexity index is 1160. The van der Waals surface area contributed by atoms with Gasteiger partial charge in [0.2, 0.25) is 0 Å². The van der Waals surface area contributed by atoms with Crippen molar-refractivity contribution in [3.8, 4) is 11.4 Å². The van der Waals surface area contributed by atoms with E-state index in [1.807, 2.05) is 67.1 Å². The van der Waals surface area contributed by atoms with Crippen LogP contribution in [0.4, 0.5) is 0 Å². The van der Waals surface area contributed by atoms with Crippen molar-refractivity contribution in [2.45, 2.75) is 20.4 Å². The van der Waals surface area contributed by atoms with Crippen LogP contribution in [-0.4, -0.2) is 25.5 Å². The van der Waals surface area contributed by atoms with E-state index in [0.29, 0.717) is 17.1 Å². The predicted octanol–water partition coefficient (Wildman–Crippen LogP) is 4.26. The normalized spacial score (nSPS) is 10.9. The predicted molar refractivity (Wildman–Crippen MR) is 113 cm³/mol. The summed E-state index contributed by atoms with van der Waals surface area (Å²) in [6.45, 7) is 4.34. The number of aryl methyl sites for hydroxylation is 1. The number of aromatic nitrogens is 4. The fourth-order valence-corrected chi connectivity index (χ4v) is 3.45. The summed E-state index contributed by atoms with van der Waals surface area (Å²) in [5.41, 5.74) is 5.08. The molecule has 2 aromatic carbocycles. The maximum atomic E-state index is 12.6. The first-order chi connectivity index (χ1) is 14.0. The third-order valence-corrected chi connectivity index (χ3v) is 5.13. The van der Waals surface area contributed by atoms with Crippen molar-refractivity contribution in [3.63, 3.8) is 0 Å². The molecule has 0 radical (unpaired) electrons. The van der Waals surface area contributed by atoms with Crippen LogP contribution in [0.1, 0.15) is 27.3 Å². The van der Waals surface area contributed by atoms with E-state index in [0.717, 1.165) is 28.3 Å². The average Bonchev–Trinajstić information content (AvgIpc) is 3.33. The highest BCUT2D eigenvalue weighted by atomic mass is 35.5. The van der Waals surface area contributed by atoms with E-state index in [-0.39, 0.29) is 5.91 Å². The van der Waals surface area contributed by atoms with E-state index in [2.05, 4.69) is 15.5 Å². The van der Waals surface area contributed by atoms with E-state index in [1.54, 1.807) is 16.9 Å². The van der Waals surface area contributed by atoms with E-state index < -0.39 is 0 Å². The lowest BCUT2D eigenvalue weighted by molar-refractivity contribution is 0.0951. The first-order valence-electron chi connectivity index (χ1n) is 9.23. The molecule has 0 fully saturated rings. The molecule has 29 heavy (non-hydrogen) atoms. The molecule has 0 saturated carbocycles. The Labute approximate surface area is 173 Å². The van der Waals surface area contributed by atoms with Gasteiger partial charge >= 0.3 is 0 Å². The molecule has 2 heterocycles. The molecule has 0 aliphatic heterocycles. The molecule has 6 nitrogen and oxygen atoms in total. The quantitative estimate of drug-likeness (QED) is 0.539. The van der Waals surface area contributed by atoms with Crippen molar-refractivity contribution >= 4 is 17.5 Å². The third kappa shape index (κ3) is 3.79. The maximum Gasteiger partial charge on any atom is 0.254 e. The summed E-state index contributed by atoms with van der Waals surface area (Å²) in [6, 6.07) is 17.3. The van der Waals surface area contributed by atoms with Gasteiger partial charge in [0.1, 0.15) is 0 Å². The summed E-state index contributed by atoms with van der Waals surface area (Å²) in [6.07, 6.45) is 3.20.